The Morgan fingerprint density at radius 3 is 2.72 bits per heavy atom. The Morgan fingerprint density at radius 2 is 1.97 bits per heavy atom. The maximum atomic E-state index is 13.4. The van der Waals surface area contributed by atoms with Crippen LogP contribution >= 0.6 is 0 Å². The third-order valence-corrected chi connectivity index (χ3v) is 5.74. The van der Waals surface area contributed by atoms with Gasteiger partial charge in [-0.2, -0.15) is 0 Å². The van der Waals surface area contributed by atoms with Crippen molar-refractivity contribution in [3.63, 3.8) is 0 Å². The van der Waals surface area contributed by atoms with Gasteiger partial charge < -0.3 is 19.5 Å². The summed E-state index contributed by atoms with van der Waals surface area (Å²) in [5.41, 5.74) is 2.58. The molecule has 2 aromatic carbocycles. The van der Waals surface area contributed by atoms with Crippen LogP contribution < -0.4 is 5.32 Å². The molecule has 1 amide bonds. The van der Waals surface area contributed by atoms with Crippen LogP contribution in [0.25, 0.3) is 0 Å². The van der Waals surface area contributed by atoms with Crippen LogP contribution in [-0.2, 0) is 25.6 Å². The molecule has 1 heterocycles. The van der Waals surface area contributed by atoms with Gasteiger partial charge in [-0.3, -0.25) is 4.79 Å². The fourth-order valence-corrected chi connectivity index (χ4v) is 4.13. The third-order valence-electron chi connectivity index (χ3n) is 5.74. The van der Waals surface area contributed by atoms with E-state index < -0.39 is 18.1 Å². The highest BCUT2D eigenvalue weighted by Gasteiger charge is 2.44. The van der Waals surface area contributed by atoms with Gasteiger partial charge in [-0.1, -0.05) is 42.5 Å². The number of rotatable bonds is 7. The van der Waals surface area contributed by atoms with E-state index in [1.54, 1.807) is 6.07 Å². The molecule has 3 atom stereocenters. The van der Waals surface area contributed by atoms with Crippen LogP contribution in [0.2, 0.25) is 0 Å². The molecule has 1 N–H and O–H groups in total. The molecule has 0 aromatic heterocycles. The number of hydrogen-bond acceptors (Lipinski definition) is 5. The summed E-state index contributed by atoms with van der Waals surface area (Å²) >= 11 is 0. The van der Waals surface area contributed by atoms with E-state index in [2.05, 4.69) is 5.32 Å². The molecule has 2 aromatic rings. The Labute approximate surface area is 185 Å². The van der Waals surface area contributed by atoms with Crippen molar-refractivity contribution in [2.24, 2.45) is 11.8 Å². The number of carbonyl (C=O) groups is 2. The Hall–Kier alpha value is -3.45. The fourth-order valence-electron chi connectivity index (χ4n) is 4.13. The SMILES string of the molecule is COC(=O)C1=CO[C@@H](OCc2ccccc2)[C@@H]2C(CNC(=O)c3cccc(F)c3)=CC[C@H]12. The normalized spacial score (nSPS) is 21.6. The predicted molar refractivity (Wildman–Crippen MR) is 115 cm³/mol. The van der Waals surface area contributed by atoms with E-state index in [-0.39, 0.29) is 29.9 Å². The van der Waals surface area contributed by atoms with Crippen LogP contribution in [0.15, 0.2) is 78.1 Å². The van der Waals surface area contributed by atoms with E-state index in [1.165, 1.54) is 31.6 Å². The van der Waals surface area contributed by atoms with E-state index >= 15 is 0 Å². The molecule has 0 spiro atoms. The minimum absolute atomic E-state index is 0.168. The highest BCUT2D eigenvalue weighted by molar-refractivity contribution is 5.94. The average molecular weight is 437 g/mol. The van der Waals surface area contributed by atoms with Gasteiger partial charge in [0.25, 0.3) is 5.91 Å². The molecule has 2 aliphatic rings. The topological polar surface area (TPSA) is 73.9 Å². The number of benzene rings is 2. The van der Waals surface area contributed by atoms with E-state index in [9.17, 15) is 14.0 Å². The number of amides is 1. The summed E-state index contributed by atoms with van der Waals surface area (Å²) < 4.78 is 30.2. The maximum absolute atomic E-state index is 13.4. The number of nitrogens with one attached hydrogen (secondary N) is 1. The monoisotopic (exact) mass is 437 g/mol. The predicted octanol–water partition coefficient (Wildman–Crippen LogP) is 3.75. The second-order valence-electron chi connectivity index (χ2n) is 7.71. The quantitative estimate of drug-likeness (QED) is 0.528. The summed E-state index contributed by atoms with van der Waals surface area (Å²) in [5.74, 6) is -1.72. The molecule has 6 nitrogen and oxygen atoms in total. The van der Waals surface area contributed by atoms with Gasteiger partial charge >= 0.3 is 5.97 Å². The molecule has 1 aliphatic carbocycles. The molecule has 0 radical (unpaired) electrons. The smallest absolute Gasteiger partial charge is 0.337 e. The minimum Gasteiger partial charge on any atom is -0.471 e. The first-order valence-corrected chi connectivity index (χ1v) is 10.4. The molecule has 0 unspecified atom stereocenters. The van der Waals surface area contributed by atoms with Gasteiger partial charge in [-0.05, 0) is 35.8 Å². The van der Waals surface area contributed by atoms with Gasteiger partial charge in [0, 0.05) is 18.0 Å². The van der Waals surface area contributed by atoms with Crippen molar-refractivity contribution in [2.75, 3.05) is 13.7 Å². The van der Waals surface area contributed by atoms with Crippen molar-refractivity contribution in [1.82, 2.24) is 5.32 Å². The summed E-state index contributed by atoms with van der Waals surface area (Å²) in [7, 11) is 1.33. The average Bonchev–Trinajstić information content (AvgIpc) is 3.25. The number of carbonyl (C=O) groups excluding carboxylic acids is 2. The van der Waals surface area contributed by atoms with Gasteiger partial charge in [0.2, 0.25) is 6.29 Å². The molecule has 0 saturated carbocycles. The van der Waals surface area contributed by atoms with Crippen LogP contribution in [0.3, 0.4) is 0 Å². The van der Waals surface area contributed by atoms with Crippen LogP contribution in [-0.4, -0.2) is 31.8 Å². The van der Waals surface area contributed by atoms with Crippen molar-refractivity contribution in [3.8, 4) is 0 Å². The zero-order valence-corrected chi connectivity index (χ0v) is 17.6. The molecule has 0 saturated heterocycles. The van der Waals surface area contributed by atoms with Crippen molar-refractivity contribution >= 4 is 11.9 Å². The molecule has 166 valence electrons. The molecular weight excluding hydrogens is 413 g/mol. The van der Waals surface area contributed by atoms with Crippen molar-refractivity contribution in [3.05, 3.63) is 95.0 Å². The van der Waals surface area contributed by atoms with E-state index in [0.29, 0.717) is 18.6 Å². The van der Waals surface area contributed by atoms with Gasteiger partial charge in [0.1, 0.15) is 5.82 Å². The van der Waals surface area contributed by atoms with Gasteiger partial charge in [-0.15, -0.1) is 0 Å². The number of allylic oxidation sites excluding steroid dienone is 1. The lowest BCUT2D eigenvalue weighted by Crippen LogP contribution is -2.39. The lowest BCUT2D eigenvalue weighted by atomic mass is 9.83. The summed E-state index contributed by atoms with van der Waals surface area (Å²) in [6, 6.07) is 15.2. The number of methoxy groups -OCH3 is 1. The van der Waals surface area contributed by atoms with E-state index in [4.69, 9.17) is 14.2 Å². The highest BCUT2D eigenvalue weighted by atomic mass is 19.1. The molecule has 1 aliphatic heterocycles. The summed E-state index contributed by atoms with van der Waals surface area (Å²) in [4.78, 5) is 24.7. The Bertz CT molecular complexity index is 1050. The molecule has 0 fully saturated rings. The lowest BCUT2D eigenvalue weighted by Gasteiger charge is -2.35. The molecule has 4 rings (SSSR count). The standard InChI is InChI=1S/C25H24FNO5/c1-30-24(29)21-15-32-25(31-14-16-6-3-2-4-7-16)22-18(10-11-20(21)22)13-27-23(28)17-8-5-9-19(26)12-17/h2-10,12,15,20,22,25H,11,13-14H2,1H3,(H,27,28)/t20-,22-,25-/m1/s1. The van der Waals surface area contributed by atoms with Crippen LogP contribution in [0, 0.1) is 17.7 Å². The molecular formula is C25H24FNO5. The van der Waals surface area contributed by atoms with Gasteiger partial charge in [0.15, 0.2) is 0 Å². The number of halogens is 1. The number of hydrogen-bond donors (Lipinski definition) is 1. The van der Waals surface area contributed by atoms with Gasteiger partial charge in [0.05, 0.1) is 31.5 Å². The Balaban J connectivity index is 1.48. The highest BCUT2D eigenvalue weighted by Crippen LogP contribution is 2.43. The molecule has 7 heteroatoms. The first kappa shape index (κ1) is 21.8. The lowest BCUT2D eigenvalue weighted by molar-refractivity contribution is -0.160. The zero-order chi connectivity index (χ0) is 22.5. The van der Waals surface area contributed by atoms with Crippen molar-refractivity contribution in [2.45, 2.75) is 19.3 Å². The molecule has 0 bridgehead atoms. The summed E-state index contributed by atoms with van der Waals surface area (Å²) in [6.07, 6.45) is 3.40. The summed E-state index contributed by atoms with van der Waals surface area (Å²) in [6.45, 7) is 0.582. The van der Waals surface area contributed by atoms with Crippen molar-refractivity contribution in [1.29, 1.82) is 0 Å². The zero-order valence-electron chi connectivity index (χ0n) is 17.6. The fraction of sp³-hybridized carbons (Fsp3) is 0.280. The second-order valence-corrected chi connectivity index (χ2v) is 7.71. The Kier molecular flexibility index (Phi) is 6.66. The number of fused-ring (bicyclic) bond motifs is 1. The van der Waals surface area contributed by atoms with Gasteiger partial charge in [-0.25, -0.2) is 9.18 Å². The first-order valence-electron chi connectivity index (χ1n) is 10.4. The second kappa shape index (κ2) is 9.78. The van der Waals surface area contributed by atoms with Crippen LogP contribution in [0.5, 0.6) is 0 Å². The number of ether oxygens (including phenoxy) is 3. The van der Waals surface area contributed by atoms with Crippen LogP contribution in [0.1, 0.15) is 22.3 Å². The number of esters is 1. The largest absolute Gasteiger partial charge is 0.471 e. The Morgan fingerprint density at radius 1 is 1.16 bits per heavy atom. The maximum Gasteiger partial charge on any atom is 0.337 e. The van der Waals surface area contributed by atoms with E-state index in [0.717, 1.165) is 11.1 Å². The minimum atomic E-state index is -0.617. The molecule has 32 heavy (non-hydrogen) atoms. The van der Waals surface area contributed by atoms with Crippen molar-refractivity contribution < 1.29 is 28.2 Å². The van der Waals surface area contributed by atoms with Crippen LogP contribution in [0.4, 0.5) is 4.39 Å². The summed E-state index contributed by atoms with van der Waals surface area (Å²) in [5, 5.41) is 2.83. The third kappa shape index (κ3) is 4.73. The van der Waals surface area contributed by atoms with E-state index in [1.807, 2.05) is 36.4 Å². The first-order chi connectivity index (χ1) is 15.6.